The van der Waals surface area contributed by atoms with Crippen LogP contribution in [0.3, 0.4) is 0 Å². The molecule has 4 rings (SSSR count). The first-order chi connectivity index (χ1) is 13.0. The minimum atomic E-state index is -0.297. The molecule has 1 saturated heterocycles. The van der Waals surface area contributed by atoms with Crippen molar-refractivity contribution in [2.75, 3.05) is 13.1 Å². The molecule has 2 aromatic carbocycles. The normalized spacial score (nSPS) is 19.4. The van der Waals surface area contributed by atoms with Crippen molar-refractivity contribution < 1.29 is 14.4 Å². The molecule has 2 aliphatic rings. The summed E-state index contributed by atoms with van der Waals surface area (Å²) in [7, 11) is 0. The summed E-state index contributed by atoms with van der Waals surface area (Å²) < 4.78 is 0. The number of fused-ring (bicyclic) bond motifs is 1. The van der Waals surface area contributed by atoms with Crippen LogP contribution in [0.1, 0.15) is 49.5 Å². The van der Waals surface area contributed by atoms with Crippen LogP contribution in [0.5, 0.6) is 0 Å². The zero-order valence-electron chi connectivity index (χ0n) is 14.9. The van der Waals surface area contributed by atoms with Crippen LogP contribution in [0.4, 0.5) is 0 Å². The number of amides is 3. The first-order valence-electron chi connectivity index (χ1n) is 9.13. The van der Waals surface area contributed by atoms with Crippen LogP contribution in [-0.2, 0) is 6.54 Å². The number of likely N-dealkylation sites (tertiary alicyclic amines) is 1. The summed E-state index contributed by atoms with van der Waals surface area (Å²) in [6, 6.07) is 14.0. The maximum atomic E-state index is 12.8. The molecule has 6 nitrogen and oxygen atoms in total. The number of piperidine rings is 1. The molecule has 0 bridgehead atoms. The van der Waals surface area contributed by atoms with E-state index in [1.165, 1.54) is 4.90 Å². The first kappa shape index (κ1) is 17.4. The van der Waals surface area contributed by atoms with E-state index < -0.39 is 0 Å². The van der Waals surface area contributed by atoms with Gasteiger partial charge in [-0.1, -0.05) is 24.3 Å². The highest BCUT2D eigenvalue weighted by atomic mass is 16.2. The van der Waals surface area contributed by atoms with Gasteiger partial charge in [0.1, 0.15) is 0 Å². The zero-order valence-corrected chi connectivity index (χ0v) is 14.9. The van der Waals surface area contributed by atoms with Gasteiger partial charge in [0.15, 0.2) is 0 Å². The van der Waals surface area contributed by atoms with Gasteiger partial charge in [0.05, 0.1) is 17.7 Å². The van der Waals surface area contributed by atoms with Gasteiger partial charge in [0, 0.05) is 24.7 Å². The zero-order chi connectivity index (χ0) is 19.0. The molecule has 6 heteroatoms. The van der Waals surface area contributed by atoms with Gasteiger partial charge in [0.2, 0.25) is 0 Å². The van der Waals surface area contributed by atoms with Crippen LogP contribution in [0.2, 0.25) is 0 Å². The molecule has 2 aromatic rings. The molecular weight excluding hydrogens is 342 g/mol. The lowest BCUT2D eigenvalue weighted by Crippen LogP contribution is -2.45. The minimum Gasteiger partial charge on any atom is -0.337 e. The molecule has 1 atom stereocenters. The fraction of sp³-hybridized carbons (Fsp3) is 0.286. The van der Waals surface area contributed by atoms with Gasteiger partial charge in [-0.2, -0.15) is 0 Å². The molecule has 138 valence electrons. The maximum Gasteiger partial charge on any atom is 0.261 e. The number of nitrogens with zero attached hydrogens (tertiary/aromatic N) is 2. The van der Waals surface area contributed by atoms with Gasteiger partial charge in [-0.3, -0.25) is 19.3 Å². The Kier molecular flexibility index (Phi) is 4.49. The summed E-state index contributed by atoms with van der Waals surface area (Å²) in [6.45, 7) is 1.41. The lowest BCUT2D eigenvalue weighted by atomic mass is 10.0. The van der Waals surface area contributed by atoms with E-state index >= 15 is 0 Å². The Morgan fingerprint density at radius 1 is 1.04 bits per heavy atom. The van der Waals surface area contributed by atoms with Gasteiger partial charge in [-0.05, 0) is 42.7 Å². The third-order valence-electron chi connectivity index (χ3n) is 5.14. The first-order valence-corrected chi connectivity index (χ1v) is 9.13. The quantitative estimate of drug-likeness (QED) is 0.846. The third kappa shape index (κ3) is 3.24. The average Bonchev–Trinajstić information content (AvgIpc) is 2.93. The highest BCUT2D eigenvalue weighted by Gasteiger charge is 2.35. The molecule has 2 aliphatic heterocycles. The van der Waals surface area contributed by atoms with Crippen molar-refractivity contribution >= 4 is 17.7 Å². The molecule has 2 heterocycles. The van der Waals surface area contributed by atoms with E-state index in [4.69, 9.17) is 5.73 Å². The average molecular weight is 363 g/mol. The van der Waals surface area contributed by atoms with E-state index in [1.807, 2.05) is 6.07 Å². The number of imide groups is 1. The second kappa shape index (κ2) is 6.96. The SMILES string of the molecule is NC1CCCN(C(=O)c2cccc(CN3C(=O)c4ccccc4C3=O)c2)C1. The molecule has 0 saturated carbocycles. The van der Waals surface area contributed by atoms with Crippen LogP contribution in [0.15, 0.2) is 48.5 Å². The van der Waals surface area contributed by atoms with Crippen molar-refractivity contribution in [1.29, 1.82) is 0 Å². The molecule has 0 spiro atoms. The van der Waals surface area contributed by atoms with E-state index in [9.17, 15) is 14.4 Å². The summed E-state index contributed by atoms with van der Waals surface area (Å²) in [6.07, 6.45) is 1.84. The third-order valence-corrected chi connectivity index (χ3v) is 5.14. The highest BCUT2D eigenvalue weighted by molar-refractivity contribution is 6.21. The largest absolute Gasteiger partial charge is 0.337 e. The van der Waals surface area contributed by atoms with Crippen molar-refractivity contribution in [1.82, 2.24) is 9.80 Å². The number of nitrogens with two attached hydrogens (primary N) is 1. The molecule has 0 aromatic heterocycles. The Bertz CT molecular complexity index is 889. The van der Waals surface area contributed by atoms with Crippen molar-refractivity contribution in [2.24, 2.45) is 5.73 Å². The van der Waals surface area contributed by atoms with Crippen LogP contribution in [0.25, 0.3) is 0 Å². The molecule has 1 fully saturated rings. The number of hydrogen-bond donors (Lipinski definition) is 1. The molecule has 0 radical (unpaired) electrons. The Hall–Kier alpha value is -2.99. The van der Waals surface area contributed by atoms with Crippen molar-refractivity contribution in [3.63, 3.8) is 0 Å². The van der Waals surface area contributed by atoms with Crippen molar-refractivity contribution in [3.05, 3.63) is 70.8 Å². The molecule has 1 unspecified atom stereocenters. The Labute approximate surface area is 157 Å². The molecular formula is C21H21N3O3. The summed E-state index contributed by atoms with van der Waals surface area (Å²) in [5.41, 5.74) is 8.13. The Morgan fingerprint density at radius 3 is 2.41 bits per heavy atom. The van der Waals surface area contributed by atoms with E-state index in [0.29, 0.717) is 29.8 Å². The van der Waals surface area contributed by atoms with E-state index in [0.717, 1.165) is 18.4 Å². The monoisotopic (exact) mass is 363 g/mol. The lowest BCUT2D eigenvalue weighted by Gasteiger charge is -2.31. The topological polar surface area (TPSA) is 83.7 Å². The Balaban J connectivity index is 1.53. The van der Waals surface area contributed by atoms with Gasteiger partial charge < -0.3 is 10.6 Å². The second-order valence-electron chi connectivity index (χ2n) is 7.10. The van der Waals surface area contributed by atoms with Gasteiger partial charge in [-0.25, -0.2) is 0 Å². The number of hydrogen-bond acceptors (Lipinski definition) is 4. The van der Waals surface area contributed by atoms with Crippen LogP contribution in [0, 0.1) is 0 Å². The van der Waals surface area contributed by atoms with Crippen LogP contribution >= 0.6 is 0 Å². The summed E-state index contributed by atoms with van der Waals surface area (Å²) >= 11 is 0. The number of rotatable bonds is 3. The summed E-state index contributed by atoms with van der Waals surface area (Å²) in [4.78, 5) is 40.8. The predicted molar refractivity (Wildman–Crippen MR) is 100 cm³/mol. The molecule has 2 N–H and O–H groups in total. The summed E-state index contributed by atoms with van der Waals surface area (Å²) in [5, 5.41) is 0. The van der Waals surface area contributed by atoms with Crippen LogP contribution in [-0.4, -0.2) is 46.7 Å². The number of benzene rings is 2. The van der Waals surface area contributed by atoms with Crippen molar-refractivity contribution in [2.45, 2.75) is 25.4 Å². The van der Waals surface area contributed by atoms with E-state index in [2.05, 4.69) is 0 Å². The number of carbonyl (C=O) groups excluding carboxylic acids is 3. The smallest absolute Gasteiger partial charge is 0.261 e. The molecule has 3 amide bonds. The fourth-order valence-corrected chi connectivity index (χ4v) is 3.75. The predicted octanol–water partition coefficient (Wildman–Crippen LogP) is 2.05. The van der Waals surface area contributed by atoms with E-state index in [1.54, 1.807) is 47.4 Å². The van der Waals surface area contributed by atoms with E-state index in [-0.39, 0.29) is 30.3 Å². The maximum absolute atomic E-state index is 12.8. The van der Waals surface area contributed by atoms with Gasteiger partial charge >= 0.3 is 0 Å². The van der Waals surface area contributed by atoms with Crippen LogP contribution < -0.4 is 5.73 Å². The van der Waals surface area contributed by atoms with Gasteiger partial charge in [0.25, 0.3) is 17.7 Å². The molecule has 27 heavy (non-hydrogen) atoms. The second-order valence-corrected chi connectivity index (χ2v) is 7.10. The fourth-order valence-electron chi connectivity index (χ4n) is 3.75. The molecule has 0 aliphatic carbocycles. The number of carbonyl (C=O) groups is 3. The minimum absolute atomic E-state index is 0.0178. The highest BCUT2D eigenvalue weighted by Crippen LogP contribution is 2.24. The Morgan fingerprint density at radius 2 is 1.74 bits per heavy atom. The van der Waals surface area contributed by atoms with Crippen molar-refractivity contribution in [3.8, 4) is 0 Å². The lowest BCUT2D eigenvalue weighted by molar-refractivity contribution is 0.0642. The summed E-state index contributed by atoms with van der Waals surface area (Å²) in [5.74, 6) is -0.655. The van der Waals surface area contributed by atoms with Gasteiger partial charge in [-0.15, -0.1) is 0 Å². The standard InChI is InChI=1S/C21H21N3O3/c22-16-7-4-10-23(13-16)19(25)15-6-3-5-14(11-15)12-24-20(26)17-8-1-2-9-18(17)21(24)27/h1-3,5-6,8-9,11,16H,4,7,10,12-13,22H2.